The number of nitrogens with one attached hydrogen (secondary N) is 1. The number of halogens is 1. The van der Waals surface area contributed by atoms with Crippen molar-refractivity contribution in [3.8, 4) is 0 Å². The average Bonchev–Trinajstić information content (AvgIpc) is 2.89. The van der Waals surface area contributed by atoms with Crippen molar-refractivity contribution >= 4 is 29.7 Å². The third kappa shape index (κ3) is 4.56. The van der Waals surface area contributed by atoms with E-state index in [1.807, 2.05) is 42.6 Å². The fraction of sp³-hybridized carbons (Fsp3) is 0.312. The number of hydrogen-bond acceptors (Lipinski definition) is 3. The van der Waals surface area contributed by atoms with Gasteiger partial charge in [-0.05, 0) is 29.5 Å². The van der Waals surface area contributed by atoms with Crippen molar-refractivity contribution in [2.75, 3.05) is 0 Å². The first-order valence-corrected chi connectivity index (χ1v) is 7.58. The number of carbonyl (C=O) groups is 1. The highest BCUT2D eigenvalue weighted by molar-refractivity contribution is 7.10. The fourth-order valence-corrected chi connectivity index (χ4v) is 2.89. The minimum Gasteiger partial charge on any atom is -0.351 e. The highest BCUT2D eigenvalue weighted by Crippen LogP contribution is 2.20. The summed E-state index contributed by atoms with van der Waals surface area (Å²) in [5, 5.41) is 5.01. The van der Waals surface area contributed by atoms with E-state index >= 15 is 0 Å². The molecule has 0 saturated carbocycles. The van der Waals surface area contributed by atoms with E-state index in [0.29, 0.717) is 6.54 Å². The van der Waals surface area contributed by atoms with Gasteiger partial charge in [0.15, 0.2) is 0 Å². The lowest BCUT2D eigenvalue weighted by molar-refractivity contribution is -0.125. The van der Waals surface area contributed by atoms with E-state index in [0.717, 1.165) is 5.56 Å². The lowest BCUT2D eigenvalue weighted by atomic mass is 9.95. The molecule has 1 amide bonds. The number of hydrogen-bond donors (Lipinski definition) is 2. The first-order valence-electron chi connectivity index (χ1n) is 6.71. The fourth-order valence-electron chi connectivity index (χ4n) is 2.04. The molecule has 0 radical (unpaired) electrons. The Morgan fingerprint density at radius 1 is 1.29 bits per heavy atom. The van der Waals surface area contributed by atoms with Gasteiger partial charge in [0.25, 0.3) is 0 Å². The molecule has 3 nitrogen and oxygen atoms in total. The maximum atomic E-state index is 12.2. The second-order valence-electron chi connectivity index (χ2n) is 4.97. The van der Waals surface area contributed by atoms with Crippen molar-refractivity contribution in [2.45, 2.75) is 26.4 Å². The minimum atomic E-state index is -0.277. The van der Waals surface area contributed by atoms with E-state index in [4.69, 9.17) is 5.73 Å². The molecule has 0 saturated heterocycles. The number of nitrogens with two attached hydrogens (primary N) is 1. The third-order valence-electron chi connectivity index (χ3n) is 3.53. The first-order chi connectivity index (χ1) is 9.59. The lowest BCUT2D eigenvalue weighted by Gasteiger charge is -2.19. The molecule has 2 unspecified atom stereocenters. The molecule has 2 aromatic rings. The van der Waals surface area contributed by atoms with Crippen LogP contribution in [0.1, 0.15) is 29.0 Å². The smallest absolute Gasteiger partial charge is 0.225 e. The van der Waals surface area contributed by atoms with Crippen LogP contribution >= 0.6 is 23.7 Å². The monoisotopic (exact) mass is 324 g/mol. The van der Waals surface area contributed by atoms with Crippen LogP contribution in [0.4, 0.5) is 0 Å². The molecule has 0 aliphatic carbocycles. The summed E-state index contributed by atoms with van der Waals surface area (Å²) >= 11 is 1.66. The molecule has 3 N–H and O–H groups in total. The molecule has 0 aliphatic rings. The van der Waals surface area contributed by atoms with E-state index in [2.05, 4.69) is 18.3 Å². The van der Waals surface area contributed by atoms with Gasteiger partial charge in [0.05, 0.1) is 12.5 Å². The van der Waals surface area contributed by atoms with Crippen LogP contribution in [-0.4, -0.2) is 5.91 Å². The Hall–Kier alpha value is -1.36. The maximum absolute atomic E-state index is 12.2. The Balaban J connectivity index is 0.00000220. The van der Waals surface area contributed by atoms with Crippen molar-refractivity contribution in [3.63, 3.8) is 0 Å². The van der Waals surface area contributed by atoms with Crippen molar-refractivity contribution in [1.82, 2.24) is 5.32 Å². The highest BCUT2D eigenvalue weighted by Gasteiger charge is 2.21. The van der Waals surface area contributed by atoms with E-state index in [1.54, 1.807) is 11.3 Å². The molecule has 1 heterocycles. The van der Waals surface area contributed by atoms with Gasteiger partial charge in [0.1, 0.15) is 0 Å². The van der Waals surface area contributed by atoms with E-state index in [9.17, 15) is 4.79 Å². The molecule has 1 aromatic heterocycles. The van der Waals surface area contributed by atoms with E-state index < -0.39 is 0 Å². The minimum absolute atomic E-state index is 0. The second-order valence-corrected chi connectivity index (χ2v) is 5.97. The van der Waals surface area contributed by atoms with Crippen molar-refractivity contribution in [1.29, 1.82) is 0 Å². The molecule has 2 rings (SSSR count). The Kier molecular flexibility index (Phi) is 6.89. The lowest BCUT2D eigenvalue weighted by Crippen LogP contribution is -2.35. The summed E-state index contributed by atoms with van der Waals surface area (Å²) in [4.78, 5) is 13.4. The summed E-state index contributed by atoms with van der Waals surface area (Å²) in [7, 11) is 0. The summed E-state index contributed by atoms with van der Waals surface area (Å²) in [6, 6.07) is 11.5. The van der Waals surface area contributed by atoms with Gasteiger partial charge < -0.3 is 11.1 Å². The zero-order valence-corrected chi connectivity index (χ0v) is 13.8. The van der Waals surface area contributed by atoms with Crippen LogP contribution in [-0.2, 0) is 11.3 Å². The average molecular weight is 325 g/mol. The first kappa shape index (κ1) is 17.7. The van der Waals surface area contributed by atoms with Crippen LogP contribution in [0.15, 0.2) is 41.8 Å². The van der Waals surface area contributed by atoms with Gasteiger partial charge in [0.2, 0.25) is 5.91 Å². The van der Waals surface area contributed by atoms with Gasteiger partial charge >= 0.3 is 0 Å². The van der Waals surface area contributed by atoms with Gasteiger partial charge in [-0.2, -0.15) is 0 Å². The van der Waals surface area contributed by atoms with Gasteiger partial charge in [-0.3, -0.25) is 4.79 Å². The third-order valence-corrected chi connectivity index (χ3v) is 4.55. The number of amides is 1. The summed E-state index contributed by atoms with van der Waals surface area (Å²) in [5.74, 6) is -0.258. The molecule has 0 aliphatic heterocycles. The number of rotatable bonds is 5. The van der Waals surface area contributed by atoms with Gasteiger partial charge in [-0.25, -0.2) is 0 Å². The number of aryl methyl sites for hydroxylation is 1. The quantitative estimate of drug-likeness (QED) is 0.885. The van der Waals surface area contributed by atoms with Crippen molar-refractivity contribution < 1.29 is 4.79 Å². The summed E-state index contributed by atoms with van der Waals surface area (Å²) < 4.78 is 0. The molecule has 21 heavy (non-hydrogen) atoms. The summed E-state index contributed by atoms with van der Waals surface area (Å²) in [6.07, 6.45) is 0. The van der Waals surface area contributed by atoms with Crippen LogP contribution in [0.5, 0.6) is 0 Å². The van der Waals surface area contributed by atoms with Crippen LogP contribution in [0, 0.1) is 12.8 Å². The Bertz CT molecular complexity index is 571. The normalized spacial score (nSPS) is 13.1. The largest absolute Gasteiger partial charge is 0.351 e. The van der Waals surface area contributed by atoms with Crippen LogP contribution < -0.4 is 11.1 Å². The molecule has 1 aromatic carbocycles. The van der Waals surface area contributed by atoms with Crippen molar-refractivity contribution in [3.05, 3.63) is 57.8 Å². The molecular formula is C16H21ClN2OS. The topological polar surface area (TPSA) is 55.1 Å². The Morgan fingerprint density at radius 3 is 2.52 bits per heavy atom. The molecule has 2 atom stereocenters. The van der Waals surface area contributed by atoms with Gasteiger partial charge in [-0.1, -0.05) is 37.3 Å². The Labute approximate surface area is 136 Å². The second kappa shape index (κ2) is 8.17. The predicted molar refractivity (Wildman–Crippen MR) is 90.7 cm³/mol. The van der Waals surface area contributed by atoms with Crippen LogP contribution in [0.2, 0.25) is 0 Å². The number of benzene rings is 1. The Morgan fingerprint density at radius 2 is 1.95 bits per heavy atom. The molecular weight excluding hydrogens is 304 g/mol. The van der Waals surface area contributed by atoms with E-state index in [1.165, 1.54) is 10.4 Å². The van der Waals surface area contributed by atoms with Gasteiger partial charge in [-0.15, -0.1) is 23.7 Å². The predicted octanol–water partition coefficient (Wildman–Crippen LogP) is 3.43. The highest BCUT2D eigenvalue weighted by atomic mass is 35.5. The van der Waals surface area contributed by atoms with Crippen molar-refractivity contribution in [2.24, 2.45) is 11.7 Å². The SMILES string of the molecule is Cc1ccsc1CNC(=O)C(C)C(N)c1ccccc1.Cl. The number of carbonyl (C=O) groups excluding carboxylic acids is 1. The molecule has 114 valence electrons. The molecule has 0 fully saturated rings. The molecule has 0 spiro atoms. The van der Waals surface area contributed by atoms with E-state index in [-0.39, 0.29) is 30.3 Å². The van der Waals surface area contributed by atoms with Crippen LogP contribution in [0.25, 0.3) is 0 Å². The zero-order chi connectivity index (χ0) is 14.5. The molecule has 0 bridgehead atoms. The number of thiophene rings is 1. The standard InChI is InChI=1S/C16H20N2OS.ClH/c1-11-8-9-20-14(11)10-18-16(19)12(2)15(17)13-6-4-3-5-7-13;/h3-9,12,15H,10,17H2,1-2H3,(H,18,19);1H. The zero-order valence-electron chi connectivity index (χ0n) is 12.2. The molecule has 5 heteroatoms. The summed E-state index contributed by atoms with van der Waals surface area (Å²) in [5.41, 5.74) is 8.37. The van der Waals surface area contributed by atoms with Gasteiger partial charge in [0, 0.05) is 10.9 Å². The maximum Gasteiger partial charge on any atom is 0.225 e. The summed E-state index contributed by atoms with van der Waals surface area (Å²) in [6.45, 7) is 4.50. The van der Waals surface area contributed by atoms with Crippen LogP contribution in [0.3, 0.4) is 0 Å².